The lowest BCUT2D eigenvalue weighted by molar-refractivity contribution is 0.0527. The zero-order valence-electron chi connectivity index (χ0n) is 16.2. The van der Waals surface area contributed by atoms with Crippen LogP contribution in [0.25, 0.3) is 16.6 Å². The van der Waals surface area contributed by atoms with Crippen LogP contribution in [0.2, 0.25) is 5.02 Å². The van der Waals surface area contributed by atoms with Crippen LogP contribution in [-0.4, -0.2) is 41.2 Å². The number of carbonyl (C=O) groups is 1. The average Bonchev–Trinajstić information content (AvgIpc) is 2.91. The molecule has 0 amide bonds. The Bertz CT molecular complexity index is 1040. The van der Waals surface area contributed by atoms with E-state index in [2.05, 4.69) is 15.9 Å². The third kappa shape index (κ3) is 3.64. The van der Waals surface area contributed by atoms with Gasteiger partial charge in [0.15, 0.2) is 0 Å². The van der Waals surface area contributed by atoms with Crippen molar-refractivity contribution < 1.29 is 14.6 Å². The number of benzene rings is 2. The van der Waals surface area contributed by atoms with Crippen LogP contribution in [0, 0.1) is 6.92 Å². The lowest BCUT2D eigenvalue weighted by Gasteiger charge is -2.15. The number of aromatic nitrogens is 1. The van der Waals surface area contributed by atoms with Crippen molar-refractivity contribution in [2.24, 2.45) is 0 Å². The summed E-state index contributed by atoms with van der Waals surface area (Å²) in [4.78, 5) is 14.8. The Morgan fingerprint density at radius 2 is 1.93 bits per heavy atom. The highest BCUT2D eigenvalue weighted by atomic mass is 79.9. The van der Waals surface area contributed by atoms with E-state index in [0.717, 1.165) is 16.9 Å². The lowest BCUT2D eigenvalue weighted by Crippen LogP contribution is -2.12. The standard InChI is InChI=1S/C21H22BrClN2O3/c1-5-28-21(27)18-12(2)25(14-8-6-13(23)7-9-14)17-10-16(22)20(26)15(19(17)18)11-24(3)4/h6-10,26H,5,11H2,1-4H3. The van der Waals surface area contributed by atoms with Gasteiger partial charge in [0.05, 0.1) is 22.2 Å². The molecule has 7 heteroatoms. The number of fused-ring (bicyclic) bond motifs is 1. The first-order chi connectivity index (χ1) is 13.3. The molecule has 0 unspecified atom stereocenters. The van der Waals surface area contributed by atoms with Gasteiger partial charge in [-0.05, 0) is 74.2 Å². The number of hydrogen-bond acceptors (Lipinski definition) is 4. The highest BCUT2D eigenvalue weighted by Crippen LogP contribution is 2.41. The smallest absolute Gasteiger partial charge is 0.340 e. The summed E-state index contributed by atoms with van der Waals surface area (Å²) in [5.74, 6) is -0.278. The monoisotopic (exact) mass is 464 g/mol. The Labute approximate surface area is 177 Å². The number of aromatic hydroxyl groups is 1. The minimum atomic E-state index is -0.403. The quantitative estimate of drug-likeness (QED) is 0.520. The zero-order chi connectivity index (χ0) is 20.6. The summed E-state index contributed by atoms with van der Waals surface area (Å²) in [5.41, 5.74) is 3.56. The van der Waals surface area contributed by atoms with E-state index in [4.69, 9.17) is 16.3 Å². The summed E-state index contributed by atoms with van der Waals surface area (Å²) in [5, 5.41) is 12.1. The SMILES string of the molecule is CCOC(=O)c1c(C)n(-c2ccc(Cl)cc2)c2cc(Br)c(O)c(CN(C)C)c12. The van der Waals surface area contributed by atoms with Gasteiger partial charge in [-0.25, -0.2) is 4.79 Å². The van der Waals surface area contributed by atoms with Gasteiger partial charge < -0.3 is 19.3 Å². The summed E-state index contributed by atoms with van der Waals surface area (Å²) in [6, 6.07) is 9.24. The number of rotatable bonds is 5. The van der Waals surface area contributed by atoms with Crippen molar-refractivity contribution in [1.29, 1.82) is 0 Å². The van der Waals surface area contributed by atoms with E-state index >= 15 is 0 Å². The molecule has 3 rings (SSSR count). The highest BCUT2D eigenvalue weighted by Gasteiger charge is 2.27. The fraction of sp³-hybridized carbons (Fsp3) is 0.286. The molecule has 5 nitrogen and oxygen atoms in total. The molecule has 1 aromatic heterocycles. The van der Waals surface area contributed by atoms with Gasteiger partial charge in [-0.1, -0.05) is 11.6 Å². The van der Waals surface area contributed by atoms with Crippen molar-refractivity contribution >= 4 is 44.4 Å². The number of hydrogen-bond donors (Lipinski definition) is 1. The van der Waals surface area contributed by atoms with E-state index in [9.17, 15) is 9.90 Å². The second-order valence-electron chi connectivity index (χ2n) is 6.81. The van der Waals surface area contributed by atoms with Crippen LogP contribution in [0.1, 0.15) is 28.5 Å². The lowest BCUT2D eigenvalue weighted by atomic mass is 10.0. The molecule has 3 aromatic rings. The third-order valence-corrected chi connectivity index (χ3v) is 5.42. The fourth-order valence-corrected chi connectivity index (χ4v) is 4.03. The Balaban J connectivity index is 2.45. The molecule has 0 spiro atoms. The molecule has 0 saturated heterocycles. The molecule has 0 aliphatic rings. The molecular weight excluding hydrogens is 444 g/mol. The van der Waals surface area contributed by atoms with Crippen LogP contribution >= 0.6 is 27.5 Å². The topological polar surface area (TPSA) is 54.7 Å². The van der Waals surface area contributed by atoms with Crippen molar-refractivity contribution in [3.05, 3.63) is 56.6 Å². The Kier molecular flexibility index (Phi) is 6.03. The molecule has 2 aromatic carbocycles. The van der Waals surface area contributed by atoms with Gasteiger partial charge in [0.25, 0.3) is 0 Å². The number of ether oxygens (including phenoxy) is 1. The zero-order valence-corrected chi connectivity index (χ0v) is 18.6. The molecule has 1 N–H and O–H groups in total. The second-order valence-corrected chi connectivity index (χ2v) is 8.10. The van der Waals surface area contributed by atoms with Crippen molar-refractivity contribution in [3.63, 3.8) is 0 Å². The first-order valence-electron chi connectivity index (χ1n) is 8.89. The minimum Gasteiger partial charge on any atom is -0.506 e. The number of esters is 1. The van der Waals surface area contributed by atoms with Crippen molar-refractivity contribution in [2.45, 2.75) is 20.4 Å². The van der Waals surface area contributed by atoms with Crippen molar-refractivity contribution in [1.82, 2.24) is 9.47 Å². The van der Waals surface area contributed by atoms with Crippen LogP contribution in [0.4, 0.5) is 0 Å². The predicted octanol–water partition coefficient (Wildman–Crippen LogP) is 5.30. The Morgan fingerprint density at radius 1 is 1.29 bits per heavy atom. The van der Waals surface area contributed by atoms with Gasteiger partial charge in [0.2, 0.25) is 0 Å². The van der Waals surface area contributed by atoms with E-state index in [0.29, 0.717) is 32.6 Å². The normalized spacial score (nSPS) is 11.4. The van der Waals surface area contributed by atoms with E-state index in [1.165, 1.54) is 0 Å². The van der Waals surface area contributed by atoms with Crippen molar-refractivity contribution in [2.75, 3.05) is 20.7 Å². The first kappa shape index (κ1) is 20.7. The number of phenols is 1. The number of nitrogens with zero attached hydrogens (tertiary/aromatic N) is 2. The fourth-order valence-electron chi connectivity index (χ4n) is 3.45. The number of carbonyl (C=O) groups excluding carboxylic acids is 1. The van der Waals surface area contributed by atoms with E-state index in [1.54, 1.807) is 6.92 Å². The number of phenolic OH excluding ortho intramolecular Hbond substituents is 1. The average molecular weight is 466 g/mol. The molecular formula is C21H22BrClN2O3. The molecule has 0 fully saturated rings. The summed E-state index contributed by atoms with van der Waals surface area (Å²) < 4.78 is 7.89. The molecule has 28 heavy (non-hydrogen) atoms. The maximum atomic E-state index is 12.8. The number of halogens is 2. The van der Waals surface area contributed by atoms with Crippen LogP contribution in [0.3, 0.4) is 0 Å². The van der Waals surface area contributed by atoms with E-state index in [-0.39, 0.29) is 12.4 Å². The predicted molar refractivity (Wildman–Crippen MR) is 116 cm³/mol. The summed E-state index contributed by atoms with van der Waals surface area (Å²) >= 11 is 9.51. The van der Waals surface area contributed by atoms with Gasteiger partial charge in [-0.3, -0.25) is 0 Å². The molecule has 0 atom stereocenters. The third-order valence-electron chi connectivity index (χ3n) is 4.56. The molecule has 0 bridgehead atoms. The maximum absolute atomic E-state index is 12.8. The summed E-state index contributed by atoms with van der Waals surface area (Å²) in [6.07, 6.45) is 0. The molecule has 0 aliphatic heterocycles. The van der Waals surface area contributed by atoms with E-state index in [1.807, 2.05) is 60.8 Å². The van der Waals surface area contributed by atoms with E-state index < -0.39 is 5.97 Å². The minimum absolute atomic E-state index is 0.125. The molecule has 0 radical (unpaired) electrons. The summed E-state index contributed by atoms with van der Waals surface area (Å²) in [7, 11) is 3.83. The van der Waals surface area contributed by atoms with Crippen LogP contribution in [0.15, 0.2) is 34.8 Å². The summed E-state index contributed by atoms with van der Waals surface area (Å²) in [6.45, 7) is 4.40. The highest BCUT2D eigenvalue weighted by molar-refractivity contribution is 9.10. The second kappa shape index (κ2) is 8.15. The Morgan fingerprint density at radius 3 is 2.50 bits per heavy atom. The first-order valence-corrected chi connectivity index (χ1v) is 10.1. The molecule has 1 heterocycles. The molecule has 0 saturated carbocycles. The Hall–Kier alpha value is -2.02. The van der Waals surface area contributed by atoms with Crippen LogP contribution < -0.4 is 0 Å². The van der Waals surface area contributed by atoms with Crippen molar-refractivity contribution in [3.8, 4) is 11.4 Å². The van der Waals surface area contributed by atoms with Gasteiger partial charge >= 0.3 is 5.97 Å². The maximum Gasteiger partial charge on any atom is 0.340 e. The van der Waals surface area contributed by atoms with Gasteiger partial charge in [0, 0.05) is 33.9 Å². The van der Waals surface area contributed by atoms with Gasteiger partial charge in [-0.2, -0.15) is 0 Å². The molecule has 148 valence electrons. The largest absolute Gasteiger partial charge is 0.506 e. The van der Waals surface area contributed by atoms with Gasteiger partial charge in [-0.15, -0.1) is 0 Å². The van der Waals surface area contributed by atoms with Crippen LogP contribution in [-0.2, 0) is 11.3 Å². The van der Waals surface area contributed by atoms with Gasteiger partial charge in [0.1, 0.15) is 5.75 Å². The molecule has 0 aliphatic carbocycles. The van der Waals surface area contributed by atoms with Crippen LogP contribution in [0.5, 0.6) is 5.75 Å².